The lowest BCUT2D eigenvalue weighted by Gasteiger charge is -2.23. The van der Waals surface area contributed by atoms with Gasteiger partial charge in [-0.25, -0.2) is 8.78 Å². The summed E-state index contributed by atoms with van der Waals surface area (Å²) in [5, 5.41) is 2.60. The quantitative estimate of drug-likeness (QED) is 0.878. The zero-order valence-corrected chi connectivity index (χ0v) is 12.6. The van der Waals surface area contributed by atoms with Crippen LogP contribution in [0, 0.1) is 11.6 Å². The second kappa shape index (κ2) is 8.19. The van der Waals surface area contributed by atoms with Gasteiger partial charge in [-0.05, 0) is 43.9 Å². The van der Waals surface area contributed by atoms with Gasteiger partial charge in [-0.1, -0.05) is 0 Å². The Balaban J connectivity index is 1.73. The Morgan fingerprint density at radius 1 is 1.36 bits per heavy atom. The van der Waals surface area contributed by atoms with E-state index in [1.54, 1.807) is 6.92 Å². The molecule has 1 aromatic rings. The van der Waals surface area contributed by atoms with Gasteiger partial charge in [-0.3, -0.25) is 4.79 Å². The van der Waals surface area contributed by atoms with E-state index in [2.05, 4.69) is 5.32 Å². The molecule has 6 heteroatoms. The van der Waals surface area contributed by atoms with Crippen LogP contribution in [0.25, 0.3) is 0 Å². The van der Waals surface area contributed by atoms with E-state index in [0.717, 1.165) is 31.9 Å². The van der Waals surface area contributed by atoms with Gasteiger partial charge in [0, 0.05) is 19.2 Å². The summed E-state index contributed by atoms with van der Waals surface area (Å²) in [6, 6.07) is 3.16. The number of benzene rings is 1. The first-order valence-electron chi connectivity index (χ1n) is 7.50. The zero-order valence-electron chi connectivity index (χ0n) is 12.6. The maximum absolute atomic E-state index is 13.0. The fraction of sp³-hybridized carbons (Fsp3) is 0.562. The van der Waals surface area contributed by atoms with E-state index in [1.165, 1.54) is 12.1 Å². The van der Waals surface area contributed by atoms with Crippen LogP contribution in [0.5, 0.6) is 0 Å². The van der Waals surface area contributed by atoms with Crippen molar-refractivity contribution in [3.8, 4) is 0 Å². The van der Waals surface area contributed by atoms with Crippen molar-refractivity contribution in [3.63, 3.8) is 0 Å². The smallest absolute Gasteiger partial charge is 0.249 e. The van der Waals surface area contributed by atoms with Crippen LogP contribution in [0.4, 0.5) is 8.78 Å². The van der Waals surface area contributed by atoms with Gasteiger partial charge < -0.3 is 14.8 Å². The fourth-order valence-electron chi connectivity index (χ4n) is 2.31. The minimum Gasteiger partial charge on any atom is -0.376 e. The molecule has 1 fully saturated rings. The first kappa shape index (κ1) is 16.8. The molecule has 0 aliphatic carbocycles. The van der Waals surface area contributed by atoms with E-state index < -0.39 is 17.7 Å². The fourth-order valence-corrected chi connectivity index (χ4v) is 2.31. The van der Waals surface area contributed by atoms with Crippen molar-refractivity contribution in [1.29, 1.82) is 0 Å². The number of hydrogen-bond acceptors (Lipinski definition) is 3. The van der Waals surface area contributed by atoms with Crippen LogP contribution in [-0.4, -0.2) is 31.3 Å². The molecule has 2 rings (SSSR count). The van der Waals surface area contributed by atoms with Crippen molar-refractivity contribution in [2.24, 2.45) is 0 Å². The number of amides is 1. The van der Waals surface area contributed by atoms with Gasteiger partial charge in [0.25, 0.3) is 0 Å². The van der Waals surface area contributed by atoms with Gasteiger partial charge in [0.05, 0.1) is 12.7 Å². The van der Waals surface area contributed by atoms with Crippen LogP contribution in [-0.2, 0) is 20.8 Å². The number of halogens is 2. The SMILES string of the molecule is CC(OCC1CCCCO1)C(=O)NCc1cc(F)cc(F)c1. The molecule has 1 amide bonds. The van der Waals surface area contributed by atoms with Gasteiger partial charge in [0.2, 0.25) is 5.91 Å². The maximum Gasteiger partial charge on any atom is 0.249 e. The monoisotopic (exact) mass is 313 g/mol. The topological polar surface area (TPSA) is 47.6 Å². The molecule has 2 atom stereocenters. The predicted molar refractivity (Wildman–Crippen MR) is 77.2 cm³/mol. The predicted octanol–water partition coefficient (Wildman–Crippen LogP) is 2.56. The molecule has 22 heavy (non-hydrogen) atoms. The Morgan fingerprint density at radius 3 is 2.73 bits per heavy atom. The molecule has 4 nitrogen and oxygen atoms in total. The first-order chi connectivity index (χ1) is 10.5. The highest BCUT2D eigenvalue weighted by Crippen LogP contribution is 2.13. The Bertz CT molecular complexity index is 484. The van der Waals surface area contributed by atoms with Gasteiger partial charge in [0.1, 0.15) is 17.7 Å². The molecule has 0 saturated carbocycles. The molecule has 1 N–H and O–H groups in total. The molecule has 0 bridgehead atoms. The zero-order chi connectivity index (χ0) is 15.9. The lowest BCUT2D eigenvalue weighted by Crippen LogP contribution is -2.36. The van der Waals surface area contributed by atoms with E-state index in [9.17, 15) is 13.6 Å². The maximum atomic E-state index is 13.0. The second-order valence-corrected chi connectivity index (χ2v) is 5.46. The highest BCUT2D eigenvalue weighted by molar-refractivity contribution is 5.80. The molecule has 122 valence electrons. The third-order valence-corrected chi connectivity index (χ3v) is 3.56. The van der Waals surface area contributed by atoms with Crippen molar-refractivity contribution >= 4 is 5.91 Å². The third kappa shape index (κ3) is 5.35. The number of rotatable bonds is 6. The highest BCUT2D eigenvalue weighted by Gasteiger charge is 2.18. The standard InChI is InChI=1S/C16H21F2NO3/c1-11(22-10-15-4-2-3-5-21-15)16(20)19-9-12-6-13(17)8-14(18)7-12/h6-8,11,15H,2-5,9-10H2,1H3,(H,19,20). The molecule has 1 heterocycles. The molecule has 1 saturated heterocycles. The van der Waals surface area contributed by atoms with Crippen molar-refractivity contribution in [2.75, 3.05) is 13.2 Å². The van der Waals surface area contributed by atoms with Crippen LogP contribution in [0.3, 0.4) is 0 Å². The van der Waals surface area contributed by atoms with Crippen LogP contribution in [0.15, 0.2) is 18.2 Å². The first-order valence-corrected chi connectivity index (χ1v) is 7.50. The van der Waals surface area contributed by atoms with Crippen LogP contribution in [0.2, 0.25) is 0 Å². The van der Waals surface area contributed by atoms with Crippen molar-refractivity contribution in [2.45, 2.75) is 44.9 Å². The number of carbonyl (C=O) groups excluding carboxylic acids is 1. The molecule has 1 aliphatic heterocycles. The van der Waals surface area contributed by atoms with Crippen LogP contribution >= 0.6 is 0 Å². The van der Waals surface area contributed by atoms with Gasteiger partial charge in [0.15, 0.2) is 0 Å². The Hall–Kier alpha value is -1.53. The van der Waals surface area contributed by atoms with Crippen LogP contribution in [0.1, 0.15) is 31.7 Å². The number of nitrogens with one attached hydrogen (secondary N) is 1. The van der Waals surface area contributed by atoms with Gasteiger partial charge >= 0.3 is 0 Å². The summed E-state index contributed by atoms with van der Waals surface area (Å²) in [7, 11) is 0. The molecule has 0 spiro atoms. The summed E-state index contributed by atoms with van der Waals surface area (Å²) in [5.74, 6) is -1.65. The summed E-state index contributed by atoms with van der Waals surface area (Å²) < 4.78 is 37.1. The molecule has 2 unspecified atom stereocenters. The number of ether oxygens (including phenoxy) is 2. The number of hydrogen-bond donors (Lipinski definition) is 1. The Morgan fingerprint density at radius 2 is 2.09 bits per heavy atom. The summed E-state index contributed by atoms with van der Waals surface area (Å²) in [6.45, 7) is 2.81. The summed E-state index contributed by atoms with van der Waals surface area (Å²) in [5.41, 5.74) is 0.369. The lowest BCUT2D eigenvalue weighted by atomic mass is 10.1. The Labute approximate surface area is 128 Å². The molecular weight excluding hydrogens is 292 g/mol. The normalized spacial score (nSPS) is 19.7. The molecule has 0 aromatic heterocycles. The largest absolute Gasteiger partial charge is 0.376 e. The van der Waals surface area contributed by atoms with E-state index >= 15 is 0 Å². The minimum absolute atomic E-state index is 0.0429. The van der Waals surface area contributed by atoms with Crippen LogP contribution < -0.4 is 5.32 Å². The Kier molecular flexibility index (Phi) is 6.27. The average Bonchev–Trinajstić information content (AvgIpc) is 2.50. The summed E-state index contributed by atoms with van der Waals surface area (Å²) >= 11 is 0. The second-order valence-electron chi connectivity index (χ2n) is 5.46. The molecule has 1 aliphatic rings. The summed E-state index contributed by atoms with van der Waals surface area (Å²) in [4.78, 5) is 11.9. The third-order valence-electron chi connectivity index (χ3n) is 3.56. The van der Waals surface area contributed by atoms with E-state index in [1.807, 2.05) is 0 Å². The van der Waals surface area contributed by atoms with Gasteiger partial charge in [-0.2, -0.15) is 0 Å². The van der Waals surface area contributed by atoms with E-state index in [-0.39, 0.29) is 18.6 Å². The minimum atomic E-state index is -0.664. The number of carbonyl (C=O) groups is 1. The molecular formula is C16H21F2NO3. The highest BCUT2D eigenvalue weighted by atomic mass is 19.1. The van der Waals surface area contributed by atoms with Crippen molar-refractivity contribution in [1.82, 2.24) is 5.32 Å². The average molecular weight is 313 g/mol. The lowest BCUT2D eigenvalue weighted by molar-refractivity contribution is -0.135. The molecule has 1 aromatic carbocycles. The van der Waals surface area contributed by atoms with Crippen molar-refractivity contribution < 1.29 is 23.0 Å². The van der Waals surface area contributed by atoms with Crippen molar-refractivity contribution in [3.05, 3.63) is 35.4 Å². The van der Waals surface area contributed by atoms with E-state index in [0.29, 0.717) is 12.2 Å². The van der Waals surface area contributed by atoms with Gasteiger partial charge in [-0.15, -0.1) is 0 Å². The molecule has 0 radical (unpaired) electrons. The summed E-state index contributed by atoms with van der Waals surface area (Å²) in [6.07, 6.45) is 2.53. The van der Waals surface area contributed by atoms with E-state index in [4.69, 9.17) is 9.47 Å².